The molecule has 16 heavy (non-hydrogen) atoms. The fraction of sp³-hybridized carbons (Fsp3) is 0.917. The maximum absolute atomic E-state index is 11.5. The molecular weight excluding hydrogens is 204 g/mol. The van der Waals surface area contributed by atoms with Crippen LogP contribution in [0, 0.1) is 5.41 Å². The Morgan fingerprint density at radius 1 is 1.31 bits per heavy atom. The van der Waals surface area contributed by atoms with Crippen molar-refractivity contribution in [3.63, 3.8) is 0 Å². The molecule has 0 aromatic carbocycles. The van der Waals surface area contributed by atoms with Crippen LogP contribution >= 0.6 is 0 Å². The Morgan fingerprint density at radius 2 is 1.94 bits per heavy atom. The average molecular weight is 230 g/mol. The van der Waals surface area contributed by atoms with Gasteiger partial charge in [0.2, 0.25) is 5.91 Å². The van der Waals surface area contributed by atoms with Gasteiger partial charge in [-0.05, 0) is 19.8 Å². The van der Waals surface area contributed by atoms with Crippen LogP contribution in [-0.4, -0.2) is 36.8 Å². The van der Waals surface area contributed by atoms with E-state index in [1.807, 2.05) is 20.8 Å². The van der Waals surface area contributed by atoms with Gasteiger partial charge >= 0.3 is 0 Å². The van der Waals surface area contributed by atoms with Crippen LogP contribution in [0.3, 0.4) is 0 Å². The molecule has 0 saturated carbocycles. The lowest BCUT2D eigenvalue weighted by molar-refractivity contribution is -0.128. The SMILES string of the molecule is CC(CCCO)NCCNC(=O)C(C)(C)C. The van der Waals surface area contributed by atoms with Crippen LogP contribution in [-0.2, 0) is 4.79 Å². The molecule has 0 aliphatic carbocycles. The zero-order valence-electron chi connectivity index (χ0n) is 11.0. The Balaban J connectivity index is 3.50. The van der Waals surface area contributed by atoms with E-state index in [2.05, 4.69) is 17.6 Å². The summed E-state index contributed by atoms with van der Waals surface area (Å²) in [4.78, 5) is 11.5. The van der Waals surface area contributed by atoms with Crippen LogP contribution in [0.2, 0.25) is 0 Å². The summed E-state index contributed by atoms with van der Waals surface area (Å²) in [6.45, 7) is 9.46. The second kappa shape index (κ2) is 7.63. The molecule has 0 aliphatic heterocycles. The summed E-state index contributed by atoms with van der Waals surface area (Å²) in [6, 6.07) is 0.388. The predicted octanol–water partition coefficient (Wildman–Crippen LogP) is 0.899. The van der Waals surface area contributed by atoms with Crippen molar-refractivity contribution in [2.75, 3.05) is 19.7 Å². The standard InChI is InChI=1S/C12H26N2O2/c1-10(6-5-9-15)13-7-8-14-11(16)12(2,3)4/h10,13,15H,5-9H2,1-4H3,(H,14,16). The van der Waals surface area contributed by atoms with Crippen LogP contribution in [0.25, 0.3) is 0 Å². The molecule has 0 fully saturated rings. The Kier molecular flexibility index (Phi) is 7.34. The maximum Gasteiger partial charge on any atom is 0.225 e. The third-order valence-electron chi connectivity index (χ3n) is 2.38. The van der Waals surface area contributed by atoms with Gasteiger partial charge in [0.05, 0.1) is 0 Å². The fourth-order valence-corrected chi connectivity index (χ4v) is 1.26. The summed E-state index contributed by atoms with van der Waals surface area (Å²) in [6.07, 6.45) is 1.78. The summed E-state index contributed by atoms with van der Waals surface area (Å²) in [5.41, 5.74) is -0.317. The van der Waals surface area contributed by atoms with Gasteiger partial charge in [-0.25, -0.2) is 0 Å². The lowest BCUT2D eigenvalue weighted by Gasteiger charge is -2.18. The highest BCUT2D eigenvalue weighted by Crippen LogP contribution is 2.11. The zero-order valence-corrected chi connectivity index (χ0v) is 11.0. The number of carbonyl (C=O) groups is 1. The van der Waals surface area contributed by atoms with E-state index in [9.17, 15) is 4.79 Å². The molecule has 96 valence electrons. The molecule has 4 heteroatoms. The second-order valence-corrected chi connectivity index (χ2v) is 5.23. The van der Waals surface area contributed by atoms with Crippen molar-refractivity contribution in [2.45, 2.75) is 46.6 Å². The molecule has 1 amide bonds. The van der Waals surface area contributed by atoms with Crippen molar-refractivity contribution >= 4 is 5.91 Å². The number of amides is 1. The van der Waals surface area contributed by atoms with Gasteiger partial charge in [0.25, 0.3) is 0 Å². The van der Waals surface area contributed by atoms with Crippen molar-refractivity contribution in [2.24, 2.45) is 5.41 Å². The second-order valence-electron chi connectivity index (χ2n) is 5.23. The smallest absolute Gasteiger partial charge is 0.225 e. The van der Waals surface area contributed by atoms with E-state index < -0.39 is 0 Å². The number of aliphatic hydroxyl groups excluding tert-OH is 1. The maximum atomic E-state index is 11.5. The predicted molar refractivity (Wildman–Crippen MR) is 66.2 cm³/mol. The van der Waals surface area contributed by atoms with E-state index in [0.717, 1.165) is 19.4 Å². The van der Waals surface area contributed by atoms with Crippen LogP contribution in [0.4, 0.5) is 0 Å². The Bertz CT molecular complexity index is 200. The summed E-state index contributed by atoms with van der Waals surface area (Å²) in [5.74, 6) is 0.0808. The van der Waals surface area contributed by atoms with Gasteiger partial charge in [-0.3, -0.25) is 4.79 Å². The van der Waals surface area contributed by atoms with Crippen molar-refractivity contribution in [1.82, 2.24) is 10.6 Å². The van der Waals surface area contributed by atoms with Crippen molar-refractivity contribution in [3.8, 4) is 0 Å². The quantitative estimate of drug-likeness (QED) is 0.569. The van der Waals surface area contributed by atoms with Crippen LogP contribution in [0.1, 0.15) is 40.5 Å². The summed E-state index contributed by atoms with van der Waals surface area (Å²) in [5, 5.41) is 14.8. The largest absolute Gasteiger partial charge is 0.396 e. The topological polar surface area (TPSA) is 61.4 Å². The Hall–Kier alpha value is -0.610. The highest BCUT2D eigenvalue weighted by Gasteiger charge is 2.20. The molecule has 0 heterocycles. The molecule has 3 N–H and O–H groups in total. The lowest BCUT2D eigenvalue weighted by Crippen LogP contribution is -2.40. The molecule has 1 atom stereocenters. The van der Waals surface area contributed by atoms with E-state index in [1.165, 1.54) is 0 Å². The minimum atomic E-state index is -0.317. The van der Waals surface area contributed by atoms with Crippen LogP contribution in [0.5, 0.6) is 0 Å². The molecule has 0 aliphatic rings. The normalized spacial score (nSPS) is 13.6. The van der Waals surface area contributed by atoms with E-state index >= 15 is 0 Å². The van der Waals surface area contributed by atoms with Gasteiger partial charge < -0.3 is 15.7 Å². The molecule has 0 spiro atoms. The number of rotatable bonds is 7. The summed E-state index contributed by atoms with van der Waals surface area (Å²) < 4.78 is 0. The number of hydrogen-bond donors (Lipinski definition) is 3. The molecule has 0 bridgehead atoms. The van der Waals surface area contributed by atoms with Gasteiger partial charge in [0, 0.05) is 31.2 Å². The first kappa shape index (κ1) is 15.4. The zero-order chi connectivity index (χ0) is 12.6. The number of aliphatic hydroxyl groups is 1. The van der Waals surface area contributed by atoms with Crippen molar-refractivity contribution in [3.05, 3.63) is 0 Å². The number of hydrogen-bond acceptors (Lipinski definition) is 3. The minimum Gasteiger partial charge on any atom is -0.396 e. The number of carbonyl (C=O) groups excluding carboxylic acids is 1. The summed E-state index contributed by atoms with van der Waals surface area (Å²) >= 11 is 0. The van der Waals surface area contributed by atoms with Gasteiger partial charge in [-0.1, -0.05) is 20.8 Å². The van der Waals surface area contributed by atoms with Gasteiger partial charge in [-0.15, -0.1) is 0 Å². The monoisotopic (exact) mass is 230 g/mol. The van der Waals surface area contributed by atoms with E-state index in [4.69, 9.17) is 5.11 Å². The van der Waals surface area contributed by atoms with Crippen molar-refractivity contribution < 1.29 is 9.90 Å². The Labute approximate surface area is 98.8 Å². The molecule has 0 aromatic heterocycles. The first-order valence-electron chi connectivity index (χ1n) is 6.00. The molecule has 0 radical (unpaired) electrons. The molecule has 0 saturated heterocycles. The third kappa shape index (κ3) is 7.65. The van der Waals surface area contributed by atoms with E-state index in [-0.39, 0.29) is 17.9 Å². The van der Waals surface area contributed by atoms with Crippen molar-refractivity contribution in [1.29, 1.82) is 0 Å². The minimum absolute atomic E-state index is 0.0808. The van der Waals surface area contributed by atoms with Crippen LogP contribution in [0.15, 0.2) is 0 Å². The van der Waals surface area contributed by atoms with Gasteiger partial charge in [0.15, 0.2) is 0 Å². The highest BCUT2D eigenvalue weighted by molar-refractivity contribution is 5.81. The van der Waals surface area contributed by atoms with Crippen LogP contribution < -0.4 is 10.6 Å². The highest BCUT2D eigenvalue weighted by atomic mass is 16.2. The molecular formula is C12H26N2O2. The molecule has 0 aromatic rings. The molecule has 1 unspecified atom stereocenters. The van der Waals surface area contributed by atoms with Gasteiger partial charge in [0.1, 0.15) is 0 Å². The fourth-order valence-electron chi connectivity index (χ4n) is 1.26. The molecule has 0 rings (SSSR count). The Morgan fingerprint density at radius 3 is 2.44 bits per heavy atom. The lowest BCUT2D eigenvalue weighted by atomic mass is 9.96. The first-order chi connectivity index (χ1) is 7.38. The molecule has 4 nitrogen and oxygen atoms in total. The first-order valence-corrected chi connectivity index (χ1v) is 6.00. The van der Waals surface area contributed by atoms with E-state index in [0.29, 0.717) is 12.6 Å². The summed E-state index contributed by atoms with van der Waals surface area (Å²) in [7, 11) is 0. The van der Waals surface area contributed by atoms with Gasteiger partial charge in [-0.2, -0.15) is 0 Å². The number of nitrogens with one attached hydrogen (secondary N) is 2. The van der Waals surface area contributed by atoms with E-state index in [1.54, 1.807) is 0 Å². The third-order valence-corrected chi connectivity index (χ3v) is 2.38. The average Bonchev–Trinajstić information content (AvgIpc) is 2.19.